The Morgan fingerprint density at radius 1 is 0.632 bits per heavy atom. The van der Waals surface area contributed by atoms with Crippen LogP contribution in [-0.4, -0.2) is 102 Å². The van der Waals surface area contributed by atoms with E-state index < -0.39 is 64.2 Å². The number of carbonyl (C=O) groups is 2. The zero-order valence-electron chi connectivity index (χ0n) is 50.6. The van der Waals surface area contributed by atoms with Crippen molar-refractivity contribution in [2.24, 2.45) is 7.05 Å². The molecule has 2 N–H and O–H groups in total. The van der Waals surface area contributed by atoms with Gasteiger partial charge in [0, 0.05) is 85.9 Å². The minimum Gasteiger partial charge on any atom is -0.330 e. The second kappa shape index (κ2) is 23.6. The monoisotopic (exact) mass is 1420 g/mol. The van der Waals surface area contributed by atoms with Crippen LogP contribution in [0, 0.1) is 6.92 Å². The van der Waals surface area contributed by atoms with E-state index in [4.69, 9.17) is 15.3 Å². The van der Waals surface area contributed by atoms with E-state index in [-0.39, 0.29) is 64.8 Å². The predicted molar refractivity (Wildman–Crippen MR) is 342 cm³/mol. The number of hydrogen-bond donors (Lipinski definition) is 2. The Labute approximate surface area is 550 Å². The highest BCUT2D eigenvalue weighted by Gasteiger charge is 2.39. The number of fused-ring (bicyclic) bond motifs is 6. The van der Waals surface area contributed by atoms with Gasteiger partial charge in [-0.3, -0.25) is 38.5 Å². The van der Waals surface area contributed by atoms with E-state index >= 15 is 9.59 Å². The molecule has 12 aromatic rings. The SMILES string of the molecule is Cc1nn[nH]c1-c1cc(-n2c(=O)c3c(n4ncc(Cc5ccccc5)c24)CN(C(=O)c2ccc(Br)c(C(F)(F)F)c2)[C@@H](C)C3)nn1Cc1cccc(Cc2cnn3c4c(c(=O)n(-c5ccc(-c6nn(C)c(=O)[nH]6)cc5)c23)C[C@H](C)N(C(=O)c2ccc(Br)c(C(F)(F)F)c2)C4)c1. The van der Waals surface area contributed by atoms with Crippen LogP contribution in [0.1, 0.15) is 102 Å². The fraction of sp³-hybridized carbons (Fsp3) is 0.227. The molecule has 482 valence electrons. The van der Waals surface area contributed by atoms with Crippen molar-refractivity contribution in [3.63, 3.8) is 0 Å². The number of carbonyl (C=O) groups excluding carboxylic acids is 2. The minimum atomic E-state index is -4.75. The Hall–Kier alpha value is -10.3. The third-order valence-corrected chi connectivity index (χ3v) is 18.9. The Morgan fingerprint density at radius 2 is 1.17 bits per heavy atom. The smallest absolute Gasteiger partial charge is 0.330 e. The first-order chi connectivity index (χ1) is 45.4. The molecule has 14 rings (SSSR count). The van der Waals surface area contributed by atoms with Crippen LogP contribution in [0.15, 0.2) is 157 Å². The van der Waals surface area contributed by atoms with Crippen molar-refractivity contribution in [3.8, 4) is 34.3 Å². The third kappa shape index (κ3) is 11.2. The van der Waals surface area contributed by atoms with Gasteiger partial charge in [-0.15, -0.1) is 5.10 Å². The molecule has 21 nitrogen and oxygen atoms in total. The number of rotatable bonds is 12. The van der Waals surface area contributed by atoms with Crippen molar-refractivity contribution in [3.05, 3.63) is 252 Å². The molecule has 95 heavy (non-hydrogen) atoms. The zero-order chi connectivity index (χ0) is 66.7. The summed E-state index contributed by atoms with van der Waals surface area (Å²) in [5.41, 5.74) is 4.78. The molecular formula is C66H52Br2F6N16O5. The Balaban J connectivity index is 0.847. The van der Waals surface area contributed by atoms with Gasteiger partial charge in [-0.2, -0.15) is 46.7 Å². The number of nitrogens with one attached hydrogen (secondary N) is 2. The van der Waals surface area contributed by atoms with Crippen LogP contribution in [-0.2, 0) is 64.7 Å². The summed E-state index contributed by atoms with van der Waals surface area (Å²) in [6.07, 6.45) is -5.58. The fourth-order valence-electron chi connectivity index (χ4n) is 12.8. The summed E-state index contributed by atoms with van der Waals surface area (Å²) in [6.45, 7) is 5.05. The molecule has 0 unspecified atom stereocenters. The lowest BCUT2D eigenvalue weighted by molar-refractivity contribution is -0.139. The number of nitrogens with zero attached hydrogens (tertiary/aromatic N) is 14. The fourth-order valence-corrected chi connectivity index (χ4v) is 13.7. The van der Waals surface area contributed by atoms with Crippen molar-refractivity contribution < 1.29 is 35.9 Å². The lowest BCUT2D eigenvalue weighted by atomic mass is 9.97. The average molecular weight is 1420 g/mol. The number of hydrogen-bond acceptors (Lipinski definition) is 11. The first-order valence-electron chi connectivity index (χ1n) is 29.8. The van der Waals surface area contributed by atoms with E-state index in [0.717, 1.165) is 28.8 Å². The van der Waals surface area contributed by atoms with E-state index in [2.05, 4.69) is 57.4 Å². The van der Waals surface area contributed by atoms with E-state index in [0.29, 0.717) is 85.5 Å². The van der Waals surface area contributed by atoms with Crippen LogP contribution in [0.5, 0.6) is 0 Å². The number of benzene rings is 5. The second-order valence-corrected chi connectivity index (χ2v) is 25.4. The van der Waals surface area contributed by atoms with Crippen LogP contribution in [0.4, 0.5) is 26.3 Å². The van der Waals surface area contributed by atoms with Crippen molar-refractivity contribution in [2.45, 2.75) is 90.5 Å². The van der Waals surface area contributed by atoms with E-state index in [1.807, 2.05) is 54.6 Å². The number of halogens is 8. The molecule has 0 radical (unpaired) electrons. The molecule has 0 bridgehead atoms. The number of alkyl halides is 6. The molecule has 0 saturated heterocycles. The first-order valence-corrected chi connectivity index (χ1v) is 31.4. The molecule has 0 fully saturated rings. The van der Waals surface area contributed by atoms with Crippen LogP contribution < -0.4 is 16.8 Å². The highest BCUT2D eigenvalue weighted by atomic mass is 79.9. The molecule has 2 amide bonds. The maximum atomic E-state index is 15.5. The van der Waals surface area contributed by atoms with Gasteiger partial charge in [0.15, 0.2) is 11.6 Å². The van der Waals surface area contributed by atoms with Gasteiger partial charge in [0.2, 0.25) is 0 Å². The largest absolute Gasteiger partial charge is 0.417 e. The average Bonchev–Trinajstić information content (AvgIpc) is 1.70. The minimum absolute atomic E-state index is 0.0298. The van der Waals surface area contributed by atoms with Gasteiger partial charge in [0.1, 0.15) is 17.0 Å². The molecule has 29 heteroatoms. The highest BCUT2D eigenvalue weighted by Crippen LogP contribution is 2.39. The third-order valence-electron chi connectivity index (χ3n) is 17.6. The molecule has 0 saturated carbocycles. The van der Waals surface area contributed by atoms with Crippen molar-refractivity contribution in [1.82, 2.24) is 78.1 Å². The quantitative estimate of drug-likeness (QED) is 0.109. The zero-order valence-corrected chi connectivity index (χ0v) is 53.8. The van der Waals surface area contributed by atoms with Crippen molar-refractivity contribution in [2.75, 3.05) is 0 Å². The number of H-pyrrole nitrogens is 2. The Kier molecular flexibility index (Phi) is 15.5. The maximum absolute atomic E-state index is 15.5. The number of amides is 2. The Morgan fingerprint density at radius 3 is 1.71 bits per heavy atom. The van der Waals surface area contributed by atoms with Gasteiger partial charge in [0.25, 0.3) is 22.9 Å². The molecule has 7 aromatic heterocycles. The number of aryl methyl sites for hydroxylation is 2. The van der Waals surface area contributed by atoms with Gasteiger partial charge < -0.3 is 9.80 Å². The van der Waals surface area contributed by atoms with Crippen LogP contribution in [0.25, 0.3) is 45.6 Å². The number of aromatic nitrogens is 14. The molecule has 0 spiro atoms. The molecule has 2 atom stereocenters. The lowest BCUT2D eigenvalue weighted by Crippen LogP contribution is -2.46. The summed E-state index contributed by atoms with van der Waals surface area (Å²) in [5, 5.41) is 30.5. The van der Waals surface area contributed by atoms with Crippen LogP contribution >= 0.6 is 31.9 Å². The highest BCUT2D eigenvalue weighted by molar-refractivity contribution is 9.10. The second-order valence-electron chi connectivity index (χ2n) is 23.7. The van der Waals surface area contributed by atoms with E-state index in [9.17, 15) is 40.7 Å². The summed E-state index contributed by atoms with van der Waals surface area (Å²) in [6, 6.07) is 31.2. The van der Waals surface area contributed by atoms with Crippen molar-refractivity contribution in [1.29, 1.82) is 0 Å². The molecule has 5 aromatic carbocycles. The standard InChI is InChI=1S/C66H52Br2F6N16O5/c1-34-21-46-53(32-84(34)60(91)41-15-19-50(67)48(26-41)65(69,70)71)89-58(87(62(46)93)45-17-13-40(14-18-45)57-77-64(95)83(4)81-57)44(30-75-89)25-38-11-8-12-39(23-38)31-86-52(56-36(3)78-82-79-56)28-55(80-86)88-59-43(24-37-9-6-5-7-10-37)29-76-90(59)54-33-85(35(2)22-47(54)63(88)94)61(92)42-16-20-51(68)49(27-42)66(72,73)74/h5-20,23,26-30,34-35H,21-22,24-25,31-33H2,1-4H3,(H,77,81,95)(H,78,79,82)/t34-,35-/m0/s1. The maximum Gasteiger partial charge on any atom is 0.417 e. The van der Waals surface area contributed by atoms with Gasteiger partial charge in [-0.1, -0.05) is 91.7 Å². The summed E-state index contributed by atoms with van der Waals surface area (Å²) < 4.78 is 93.5. The van der Waals surface area contributed by atoms with Gasteiger partial charge in [0.05, 0.1) is 71.6 Å². The molecule has 0 aliphatic carbocycles. The van der Waals surface area contributed by atoms with Gasteiger partial charge in [-0.05, 0) is 111 Å². The van der Waals surface area contributed by atoms with E-state index in [1.165, 1.54) is 50.4 Å². The summed E-state index contributed by atoms with van der Waals surface area (Å²) in [5.74, 6) is -0.796. The number of aromatic amines is 2. The molecular weight excluding hydrogens is 1370 g/mol. The lowest BCUT2D eigenvalue weighted by Gasteiger charge is -2.35. The summed E-state index contributed by atoms with van der Waals surface area (Å²) in [4.78, 5) is 77.3. The van der Waals surface area contributed by atoms with Crippen molar-refractivity contribution >= 4 is 55.0 Å². The summed E-state index contributed by atoms with van der Waals surface area (Å²) >= 11 is 5.95. The van der Waals surface area contributed by atoms with Gasteiger partial charge >= 0.3 is 18.0 Å². The van der Waals surface area contributed by atoms with Gasteiger partial charge in [-0.25, -0.2) is 23.1 Å². The predicted octanol–water partition coefficient (Wildman–Crippen LogP) is 10.6. The molecule has 2 aliphatic rings. The Bertz CT molecular complexity index is 5290. The normalized spacial score (nSPS) is 15.1. The molecule has 2 aliphatic heterocycles. The van der Waals surface area contributed by atoms with E-state index in [1.54, 1.807) is 81.8 Å². The van der Waals surface area contributed by atoms with Crippen LogP contribution in [0.3, 0.4) is 0 Å². The summed E-state index contributed by atoms with van der Waals surface area (Å²) in [7, 11) is 1.51. The van der Waals surface area contributed by atoms with Crippen LogP contribution in [0.2, 0.25) is 0 Å². The molecule has 9 heterocycles. The topological polar surface area (TPSA) is 229 Å². The first kappa shape index (κ1) is 62.2.